The minimum Gasteiger partial charge on any atom is -0.472 e. The lowest BCUT2D eigenvalue weighted by Crippen LogP contribution is -2.66. The minimum atomic E-state index is -0.970. The maximum atomic E-state index is 13.2. The van der Waals surface area contributed by atoms with E-state index in [1.54, 1.807) is 12.5 Å². The van der Waals surface area contributed by atoms with Crippen LogP contribution in [0.3, 0.4) is 0 Å². The fourth-order valence-corrected chi connectivity index (χ4v) is 6.34. The lowest BCUT2D eigenvalue weighted by Gasteiger charge is -2.57. The van der Waals surface area contributed by atoms with Crippen LogP contribution in [0.5, 0.6) is 0 Å². The van der Waals surface area contributed by atoms with Crippen molar-refractivity contribution >= 4 is 11.8 Å². The quantitative estimate of drug-likeness (QED) is 0.643. The molecule has 0 radical (unpaired) electrons. The van der Waals surface area contributed by atoms with Crippen LogP contribution in [0.1, 0.15) is 50.7 Å². The number of carbonyl (C=O) groups excluding carboxylic acids is 2. The molecule has 2 aliphatic carbocycles. The number of esters is 1. The molecule has 0 bridgehead atoms. The normalized spacial score (nSPS) is 47.2. The van der Waals surface area contributed by atoms with Gasteiger partial charge in [0.25, 0.3) is 0 Å². The summed E-state index contributed by atoms with van der Waals surface area (Å²) in [5.41, 5.74) is -1.45. The molecule has 3 heterocycles. The Hall–Kier alpha value is -1.66. The van der Waals surface area contributed by atoms with Crippen molar-refractivity contribution in [3.63, 3.8) is 0 Å². The molecule has 4 fully saturated rings. The number of ketones is 1. The van der Waals surface area contributed by atoms with Crippen LogP contribution in [0.15, 0.2) is 23.0 Å². The predicted octanol–water partition coefficient (Wildman–Crippen LogP) is 2.41. The number of rotatable bonds is 2. The van der Waals surface area contributed by atoms with Gasteiger partial charge in [-0.15, -0.1) is 0 Å². The molecule has 2 spiro atoms. The summed E-state index contributed by atoms with van der Waals surface area (Å²) in [4.78, 5) is 26.4. The fraction of sp³-hybridized carbons (Fsp3) is 0.700. The molecule has 1 N–H and O–H groups in total. The number of cyclic esters (lactones) is 1. The highest BCUT2D eigenvalue weighted by Crippen LogP contribution is 2.69. The highest BCUT2D eigenvalue weighted by Gasteiger charge is 2.77. The first-order valence-electron chi connectivity index (χ1n) is 9.51. The van der Waals surface area contributed by atoms with Crippen molar-refractivity contribution in [1.82, 2.24) is 0 Å². The minimum absolute atomic E-state index is 0.0555. The Labute approximate surface area is 151 Å². The van der Waals surface area contributed by atoms with E-state index in [1.807, 2.05) is 13.0 Å². The van der Waals surface area contributed by atoms with Gasteiger partial charge >= 0.3 is 5.97 Å². The monoisotopic (exact) mass is 360 g/mol. The van der Waals surface area contributed by atoms with Gasteiger partial charge in [0.2, 0.25) is 0 Å². The zero-order chi connectivity index (χ0) is 18.2. The van der Waals surface area contributed by atoms with Crippen molar-refractivity contribution in [2.75, 3.05) is 13.2 Å². The highest BCUT2D eigenvalue weighted by molar-refractivity contribution is 5.93. The molecule has 2 saturated heterocycles. The first kappa shape index (κ1) is 16.5. The molecule has 0 aromatic carbocycles. The summed E-state index contributed by atoms with van der Waals surface area (Å²) in [7, 11) is 0. The number of furan rings is 1. The van der Waals surface area contributed by atoms with E-state index in [9.17, 15) is 14.7 Å². The molecule has 0 unspecified atom stereocenters. The zero-order valence-electron chi connectivity index (χ0n) is 14.9. The molecule has 6 nitrogen and oxygen atoms in total. The molecule has 2 saturated carbocycles. The Balaban J connectivity index is 1.62. The molecule has 1 aromatic heterocycles. The summed E-state index contributed by atoms with van der Waals surface area (Å²) in [6.07, 6.45) is 6.08. The number of aliphatic hydroxyl groups excluding tert-OH is 1. The Morgan fingerprint density at radius 3 is 2.81 bits per heavy atom. The van der Waals surface area contributed by atoms with Gasteiger partial charge in [-0.05, 0) is 30.7 Å². The van der Waals surface area contributed by atoms with Crippen LogP contribution in [0.2, 0.25) is 0 Å². The Morgan fingerprint density at radius 2 is 2.15 bits per heavy atom. The second-order valence-corrected chi connectivity index (χ2v) is 8.58. The van der Waals surface area contributed by atoms with E-state index in [1.165, 1.54) is 0 Å². The third-order valence-corrected chi connectivity index (χ3v) is 7.78. The number of fused-ring (bicyclic) bond motifs is 3. The van der Waals surface area contributed by atoms with Crippen LogP contribution in [0, 0.1) is 22.7 Å². The fourth-order valence-electron chi connectivity index (χ4n) is 6.34. The molecule has 6 atom stereocenters. The van der Waals surface area contributed by atoms with E-state index in [-0.39, 0.29) is 42.7 Å². The SMILES string of the molecule is C[C@@H]1CC(=O)[C@@]2(CO)[C@H](CCC[C@]23CO3)[C@@]12C[C@H](c1ccoc1)OC2=O. The summed E-state index contributed by atoms with van der Waals surface area (Å²) in [6.45, 7) is 2.22. The Bertz CT molecular complexity index is 750. The second kappa shape index (κ2) is 5.20. The maximum absolute atomic E-state index is 13.2. The largest absolute Gasteiger partial charge is 0.472 e. The van der Waals surface area contributed by atoms with Crippen LogP contribution in [-0.2, 0) is 19.1 Å². The highest BCUT2D eigenvalue weighted by atomic mass is 16.6. The predicted molar refractivity (Wildman–Crippen MR) is 88.9 cm³/mol. The van der Waals surface area contributed by atoms with Crippen molar-refractivity contribution in [3.8, 4) is 0 Å². The van der Waals surface area contributed by atoms with Crippen LogP contribution >= 0.6 is 0 Å². The van der Waals surface area contributed by atoms with Gasteiger partial charge in [-0.2, -0.15) is 0 Å². The summed E-state index contributed by atoms with van der Waals surface area (Å²) in [6, 6.07) is 1.82. The molecule has 5 rings (SSSR count). The standard InChI is InChI=1S/C20H24O6/c1-12-7-16(22)20(10-21)15(3-2-5-18(20)11-25-18)19(12)8-14(26-17(19)23)13-4-6-24-9-13/h4,6,9,12,14-15,21H,2-3,5,7-8,10-11H2,1H3/t12-,14-,15-,18+,19-,20-/m1/s1. The third-order valence-electron chi connectivity index (χ3n) is 7.78. The van der Waals surface area contributed by atoms with Gasteiger partial charge in [-0.1, -0.05) is 13.3 Å². The number of ether oxygens (including phenoxy) is 2. The van der Waals surface area contributed by atoms with E-state index in [4.69, 9.17) is 13.9 Å². The van der Waals surface area contributed by atoms with Crippen molar-refractivity contribution in [3.05, 3.63) is 24.2 Å². The third kappa shape index (κ3) is 1.75. The van der Waals surface area contributed by atoms with E-state index < -0.39 is 16.4 Å². The van der Waals surface area contributed by atoms with Gasteiger partial charge in [-0.25, -0.2) is 0 Å². The van der Waals surface area contributed by atoms with Gasteiger partial charge in [0.15, 0.2) is 0 Å². The summed E-state index contributed by atoms with van der Waals surface area (Å²) in [5.74, 6) is -0.529. The first-order valence-corrected chi connectivity index (χ1v) is 9.51. The molecule has 6 heteroatoms. The van der Waals surface area contributed by atoms with Crippen LogP contribution < -0.4 is 0 Å². The van der Waals surface area contributed by atoms with Crippen LogP contribution in [0.25, 0.3) is 0 Å². The summed E-state index contributed by atoms with van der Waals surface area (Å²) in [5, 5.41) is 10.4. The molecule has 2 aliphatic heterocycles. The first-order chi connectivity index (χ1) is 12.5. The number of aliphatic hydroxyl groups is 1. The lowest BCUT2D eigenvalue weighted by molar-refractivity contribution is -0.184. The number of hydrogen-bond donors (Lipinski definition) is 1. The van der Waals surface area contributed by atoms with Gasteiger partial charge < -0.3 is 19.0 Å². The van der Waals surface area contributed by atoms with Gasteiger partial charge in [-0.3, -0.25) is 9.59 Å². The zero-order valence-corrected chi connectivity index (χ0v) is 14.9. The van der Waals surface area contributed by atoms with E-state index in [0.29, 0.717) is 13.0 Å². The van der Waals surface area contributed by atoms with Crippen LogP contribution in [0.4, 0.5) is 0 Å². The Kier molecular flexibility index (Phi) is 3.30. The average Bonchev–Trinajstić information content (AvgIpc) is 3.07. The average molecular weight is 360 g/mol. The van der Waals surface area contributed by atoms with Crippen molar-refractivity contribution in [2.24, 2.45) is 22.7 Å². The van der Waals surface area contributed by atoms with Gasteiger partial charge in [0.1, 0.15) is 17.5 Å². The number of Topliss-reactive ketones (excluding diaryl/α,β-unsaturated/α-hetero) is 1. The lowest BCUT2D eigenvalue weighted by atomic mass is 9.43. The van der Waals surface area contributed by atoms with E-state index in [2.05, 4.69) is 0 Å². The van der Waals surface area contributed by atoms with Crippen molar-refractivity contribution in [2.45, 2.75) is 50.7 Å². The van der Waals surface area contributed by atoms with E-state index in [0.717, 1.165) is 24.8 Å². The number of carbonyl (C=O) groups is 2. The van der Waals surface area contributed by atoms with Crippen LogP contribution in [-0.4, -0.2) is 35.7 Å². The summed E-state index contributed by atoms with van der Waals surface area (Å²) < 4.78 is 16.8. The van der Waals surface area contributed by atoms with Gasteiger partial charge in [0, 0.05) is 18.4 Å². The Morgan fingerprint density at radius 1 is 1.35 bits per heavy atom. The number of hydrogen-bond acceptors (Lipinski definition) is 6. The van der Waals surface area contributed by atoms with E-state index >= 15 is 0 Å². The smallest absolute Gasteiger partial charge is 0.313 e. The summed E-state index contributed by atoms with van der Waals surface area (Å²) >= 11 is 0. The number of epoxide rings is 1. The molecular formula is C20H24O6. The van der Waals surface area contributed by atoms with Gasteiger partial charge in [0.05, 0.1) is 36.6 Å². The second-order valence-electron chi connectivity index (χ2n) is 8.58. The van der Waals surface area contributed by atoms with Crippen molar-refractivity contribution in [1.29, 1.82) is 0 Å². The van der Waals surface area contributed by atoms with Crippen molar-refractivity contribution < 1.29 is 28.6 Å². The molecule has 140 valence electrons. The molecule has 0 amide bonds. The topological polar surface area (TPSA) is 89.3 Å². The molecule has 4 aliphatic rings. The molecular weight excluding hydrogens is 336 g/mol. The maximum Gasteiger partial charge on any atom is 0.313 e. The molecule has 26 heavy (non-hydrogen) atoms. The molecule has 1 aromatic rings.